The van der Waals surface area contributed by atoms with E-state index in [9.17, 15) is 19.2 Å². The smallest absolute Gasteiger partial charge is 0.244 e. The van der Waals surface area contributed by atoms with E-state index in [1.165, 1.54) is 57.8 Å². The second-order valence-corrected chi connectivity index (χ2v) is 16.7. The van der Waals surface area contributed by atoms with Gasteiger partial charge in [0.2, 0.25) is 23.6 Å². The summed E-state index contributed by atoms with van der Waals surface area (Å²) in [6.07, 6.45) is 23.7. The molecule has 1 aliphatic rings. The molecular weight excluding hydrogens is 754 g/mol. The average Bonchev–Trinajstić information content (AvgIpc) is 3.57. The first kappa shape index (κ1) is 48.3. The number of nitrogens with one attached hydrogen (secondary N) is 5. The van der Waals surface area contributed by atoms with Crippen LogP contribution in [0.1, 0.15) is 169 Å². The lowest BCUT2D eigenvalue weighted by Gasteiger charge is -2.30. The number of carbonyl (C=O) groups is 4. The normalized spacial score (nSPS) is 15.9. The maximum atomic E-state index is 13.3. The van der Waals surface area contributed by atoms with Gasteiger partial charge >= 0.3 is 0 Å². The third-order valence-electron chi connectivity index (χ3n) is 11.0. The fourth-order valence-corrected chi connectivity index (χ4v) is 7.88. The van der Waals surface area contributed by atoms with Gasteiger partial charge in [0.15, 0.2) is 0 Å². The molecule has 2 aromatic rings. The van der Waals surface area contributed by atoms with Gasteiger partial charge in [-0.3, -0.25) is 19.2 Å². The predicted octanol–water partition coefficient (Wildman–Crippen LogP) is 10.1. The standard InChI is InChI=1S/C43H70BrN5O4.C2H6/c1-4-5-6-7-14-17-26-45-40(50)19-16-13-11-9-8-10-12-15-18-27-46-43(53)39(31-48-42(52)34-22-20-33(21-23-34)32(2)3)49-41(51)28-35-30-47-38-25-24-36(44)29-37(35)38;1-2/h24-25,29-30,32-34,39,47H,4-23,26-28,31H2,1-3H3,(H,45,50)(H,46,53)(H,48,52)(H,49,51);1-2H3. The van der Waals surface area contributed by atoms with Crippen LogP contribution in [0.5, 0.6) is 0 Å². The molecule has 1 heterocycles. The number of halogens is 1. The van der Waals surface area contributed by atoms with Gasteiger partial charge < -0.3 is 26.3 Å². The Balaban J connectivity index is 0.00000514. The molecule has 1 aromatic heterocycles. The molecule has 0 spiro atoms. The summed E-state index contributed by atoms with van der Waals surface area (Å²) >= 11 is 3.51. The van der Waals surface area contributed by atoms with E-state index in [0.717, 1.165) is 91.7 Å². The lowest BCUT2D eigenvalue weighted by Crippen LogP contribution is -2.53. The third kappa shape index (κ3) is 20.2. The lowest BCUT2D eigenvalue weighted by atomic mass is 9.76. The maximum absolute atomic E-state index is 13.3. The molecule has 4 amide bonds. The Labute approximate surface area is 342 Å². The minimum Gasteiger partial charge on any atom is -0.361 e. The summed E-state index contributed by atoms with van der Waals surface area (Å²) < 4.78 is 0.931. The zero-order valence-corrected chi connectivity index (χ0v) is 36.7. The van der Waals surface area contributed by atoms with Gasteiger partial charge in [0.25, 0.3) is 0 Å². The Kier molecular flexibility index (Phi) is 25.8. The molecule has 0 saturated heterocycles. The highest BCUT2D eigenvalue weighted by Crippen LogP contribution is 2.33. The van der Waals surface area contributed by atoms with Gasteiger partial charge in [0, 0.05) is 53.5 Å². The van der Waals surface area contributed by atoms with E-state index < -0.39 is 6.04 Å². The van der Waals surface area contributed by atoms with Crippen molar-refractivity contribution in [1.82, 2.24) is 26.3 Å². The third-order valence-corrected chi connectivity index (χ3v) is 11.5. The minimum absolute atomic E-state index is 0.0231. The average molecular weight is 831 g/mol. The van der Waals surface area contributed by atoms with Crippen molar-refractivity contribution in [1.29, 1.82) is 0 Å². The molecule has 1 aliphatic carbocycles. The van der Waals surface area contributed by atoms with Crippen LogP contribution in [0.25, 0.3) is 10.9 Å². The Morgan fingerprint density at radius 3 is 1.95 bits per heavy atom. The van der Waals surface area contributed by atoms with Crippen LogP contribution in [0.2, 0.25) is 0 Å². The highest BCUT2D eigenvalue weighted by Gasteiger charge is 2.29. The summed E-state index contributed by atoms with van der Waals surface area (Å²) in [6, 6.07) is 5.05. The molecule has 1 saturated carbocycles. The number of benzene rings is 1. The van der Waals surface area contributed by atoms with Crippen LogP contribution in [0.3, 0.4) is 0 Å². The number of H-pyrrole nitrogens is 1. The quantitative estimate of drug-likeness (QED) is 0.0574. The second kappa shape index (κ2) is 29.4. The summed E-state index contributed by atoms with van der Waals surface area (Å²) in [5.41, 5.74) is 1.80. The molecule has 1 unspecified atom stereocenters. The predicted molar refractivity (Wildman–Crippen MR) is 232 cm³/mol. The van der Waals surface area contributed by atoms with Crippen LogP contribution in [-0.4, -0.2) is 54.3 Å². The zero-order chi connectivity index (χ0) is 40.3. The monoisotopic (exact) mass is 830 g/mol. The number of aromatic amines is 1. The molecule has 312 valence electrons. The molecule has 3 rings (SSSR count). The topological polar surface area (TPSA) is 132 Å². The highest BCUT2D eigenvalue weighted by atomic mass is 79.9. The summed E-state index contributed by atoms with van der Waals surface area (Å²) in [5, 5.41) is 13.0. The molecule has 5 N–H and O–H groups in total. The van der Waals surface area contributed by atoms with Gasteiger partial charge in [-0.1, -0.05) is 128 Å². The minimum atomic E-state index is -0.846. The molecule has 0 aliphatic heterocycles. The SMILES string of the molecule is CC.CCCCCCCCNC(=O)CCCCCCCCCCCNC(=O)C(CNC(=O)C1CCC(C(C)C)CC1)NC(=O)Cc1c[nH]c2ccc(Br)cc12. The number of aromatic nitrogens is 1. The molecule has 1 fully saturated rings. The Morgan fingerprint density at radius 1 is 0.745 bits per heavy atom. The van der Waals surface area contributed by atoms with Crippen LogP contribution in [0.4, 0.5) is 0 Å². The summed E-state index contributed by atoms with van der Waals surface area (Å²) in [5.74, 6) is 0.899. The van der Waals surface area contributed by atoms with E-state index >= 15 is 0 Å². The fourth-order valence-electron chi connectivity index (χ4n) is 7.52. The van der Waals surface area contributed by atoms with Crippen molar-refractivity contribution in [2.24, 2.45) is 17.8 Å². The van der Waals surface area contributed by atoms with Crippen molar-refractivity contribution >= 4 is 50.5 Å². The van der Waals surface area contributed by atoms with Crippen molar-refractivity contribution in [3.05, 3.63) is 34.4 Å². The number of fused-ring (bicyclic) bond motifs is 1. The molecule has 1 atom stereocenters. The number of hydrogen-bond donors (Lipinski definition) is 5. The second-order valence-electron chi connectivity index (χ2n) is 15.7. The lowest BCUT2D eigenvalue weighted by molar-refractivity contribution is -0.130. The van der Waals surface area contributed by atoms with Crippen LogP contribution < -0.4 is 21.3 Å². The molecule has 9 nitrogen and oxygen atoms in total. The molecule has 1 aromatic carbocycles. The summed E-state index contributed by atoms with van der Waals surface area (Å²) in [6.45, 7) is 12.1. The van der Waals surface area contributed by atoms with Crippen LogP contribution in [0, 0.1) is 17.8 Å². The number of amides is 4. The van der Waals surface area contributed by atoms with E-state index in [4.69, 9.17) is 0 Å². The first-order chi connectivity index (χ1) is 26.7. The highest BCUT2D eigenvalue weighted by molar-refractivity contribution is 9.10. The van der Waals surface area contributed by atoms with Gasteiger partial charge in [-0.05, 0) is 80.5 Å². The Morgan fingerprint density at radius 2 is 1.33 bits per heavy atom. The maximum Gasteiger partial charge on any atom is 0.244 e. The first-order valence-electron chi connectivity index (χ1n) is 22.0. The van der Waals surface area contributed by atoms with Gasteiger partial charge in [0.1, 0.15) is 6.04 Å². The first-order valence-corrected chi connectivity index (χ1v) is 22.8. The van der Waals surface area contributed by atoms with Gasteiger partial charge in [-0.15, -0.1) is 0 Å². The number of rotatable bonds is 27. The molecule has 55 heavy (non-hydrogen) atoms. The Hall–Kier alpha value is -2.88. The van der Waals surface area contributed by atoms with E-state index in [1.54, 1.807) is 0 Å². The van der Waals surface area contributed by atoms with E-state index in [-0.39, 0.29) is 42.5 Å². The van der Waals surface area contributed by atoms with E-state index in [0.29, 0.717) is 24.8 Å². The van der Waals surface area contributed by atoms with Crippen molar-refractivity contribution in [3.8, 4) is 0 Å². The van der Waals surface area contributed by atoms with Crippen molar-refractivity contribution in [2.45, 2.75) is 175 Å². The zero-order valence-electron chi connectivity index (χ0n) is 35.1. The molecular formula is C45H76BrN5O4. The van der Waals surface area contributed by atoms with Crippen LogP contribution in [-0.2, 0) is 25.6 Å². The van der Waals surface area contributed by atoms with E-state index in [2.05, 4.69) is 63.0 Å². The van der Waals surface area contributed by atoms with Gasteiger partial charge in [-0.2, -0.15) is 0 Å². The van der Waals surface area contributed by atoms with E-state index in [1.807, 2.05) is 38.2 Å². The number of unbranched alkanes of at least 4 members (excludes halogenated alkanes) is 13. The molecule has 10 heteroatoms. The molecule has 0 bridgehead atoms. The van der Waals surface area contributed by atoms with Crippen LogP contribution >= 0.6 is 15.9 Å². The van der Waals surface area contributed by atoms with Gasteiger partial charge in [-0.25, -0.2) is 0 Å². The fraction of sp³-hybridized carbons (Fsp3) is 0.733. The molecule has 0 radical (unpaired) electrons. The van der Waals surface area contributed by atoms with Crippen molar-refractivity contribution in [2.75, 3.05) is 19.6 Å². The van der Waals surface area contributed by atoms with Crippen LogP contribution in [0.15, 0.2) is 28.9 Å². The summed E-state index contributed by atoms with van der Waals surface area (Å²) in [7, 11) is 0. The largest absolute Gasteiger partial charge is 0.361 e. The van der Waals surface area contributed by atoms with Crippen molar-refractivity contribution in [3.63, 3.8) is 0 Å². The number of carbonyl (C=O) groups excluding carboxylic acids is 4. The summed E-state index contributed by atoms with van der Waals surface area (Å²) in [4.78, 5) is 54.9. The van der Waals surface area contributed by atoms with Crippen molar-refractivity contribution < 1.29 is 19.2 Å². The van der Waals surface area contributed by atoms with Gasteiger partial charge in [0.05, 0.1) is 6.42 Å². The Bertz CT molecular complexity index is 1370. The number of hydrogen-bond acceptors (Lipinski definition) is 4.